The second kappa shape index (κ2) is 4.74. The van der Waals surface area contributed by atoms with Gasteiger partial charge < -0.3 is 4.74 Å². The summed E-state index contributed by atoms with van der Waals surface area (Å²) in [5.41, 5.74) is 0. The minimum atomic E-state index is -0.339. The SMILES string of the molecule is CC(C)CC(=O)Oc1ccc(F)cc1. The van der Waals surface area contributed by atoms with Crippen LogP contribution in [0, 0.1) is 11.7 Å². The minimum absolute atomic E-state index is 0.267. The first kappa shape index (κ1) is 10.7. The normalized spacial score (nSPS) is 10.3. The molecular formula is C11H13FO2. The maximum Gasteiger partial charge on any atom is 0.311 e. The Bertz CT molecular complexity index is 304. The van der Waals surface area contributed by atoms with Crippen LogP contribution < -0.4 is 4.74 Å². The number of ether oxygens (including phenoxy) is 1. The zero-order chi connectivity index (χ0) is 10.6. The highest BCUT2D eigenvalue weighted by molar-refractivity contribution is 5.72. The number of hydrogen-bond acceptors (Lipinski definition) is 2. The van der Waals surface area contributed by atoms with Gasteiger partial charge in [0, 0.05) is 6.42 Å². The molecule has 0 fully saturated rings. The lowest BCUT2D eigenvalue weighted by Gasteiger charge is -2.05. The summed E-state index contributed by atoms with van der Waals surface area (Å²) in [5, 5.41) is 0. The van der Waals surface area contributed by atoms with E-state index in [-0.39, 0.29) is 17.7 Å². The third-order valence-corrected chi connectivity index (χ3v) is 1.62. The molecule has 0 radical (unpaired) electrons. The Morgan fingerprint density at radius 1 is 1.36 bits per heavy atom. The Balaban J connectivity index is 2.52. The van der Waals surface area contributed by atoms with Gasteiger partial charge in [-0.1, -0.05) is 13.8 Å². The van der Waals surface area contributed by atoms with Gasteiger partial charge in [0.1, 0.15) is 11.6 Å². The summed E-state index contributed by atoms with van der Waals surface area (Å²) in [6.45, 7) is 3.87. The highest BCUT2D eigenvalue weighted by Gasteiger charge is 2.07. The number of carbonyl (C=O) groups excluding carboxylic acids is 1. The first-order chi connectivity index (χ1) is 6.58. The van der Waals surface area contributed by atoms with Crippen LogP contribution in [-0.4, -0.2) is 5.97 Å². The molecule has 0 aliphatic carbocycles. The summed E-state index contributed by atoms with van der Waals surface area (Å²) < 4.78 is 17.5. The standard InChI is InChI=1S/C11H13FO2/c1-8(2)7-11(13)14-10-5-3-9(12)4-6-10/h3-6,8H,7H2,1-2H3. The fourth-order valence-electron chi connectivity index (χ4n) is 1.01. The van der Waals surface area contributed by atoms with Crippen molar-refractivity contribution in [2.24, 2.45) is 5.92 Å². The lowest BCUT2D eigenvalue weighted by atomic mass is 10.1. The molecule has 0 saturated carbocycles. The quantitative estimate of drug-likeness (QED) is 0.549. The lowest BCUT2D eigenvalue weighted by Crippen LogP contribution is -2.10. The van der Waals surface area contributed by atoms with Gasteiger partial charge in [0.25, 0.3) is 0 Å². The van der Waals surface area contributed by atoms with E-state index in [1.54, 1.807) is 0 Å². The smallest absolute Gasteiger partial charge is 0.311 e. The number of hydrogen-bond donors (Lipinski definition) is 0. The molecule has 0 unspecified atom stereocenters. The molecule has 14 heavy (non-hydrogen) atoms. The lowest BCUT2D eigenvalue weighted by molar-refractivity contribution is -0.135. The highest BCUT2D eigenvalue weighted by Crippen LogP contribution is 2.12. The number of rotatable bonds is 3. The van der Waals surface area contributed by atoms with Crippen molar-refractivity contribution < 1.29 is 13.9 Å². The average Bonchev–Trinajstić information content (AvgIpc) is 2.07. The molecule has 0 spiro atoms. The maximum atomic E-state index is 12.5. The van der Waals surface area contributed by atoms with Crippen molar-refractivity contribution in [1.29, 1.82) is 0 Å². The summed E-state index contributed by atoms with van der Waals surface area (Å²) in [6, 6.07) is 5.40. The number of carbonyl (C=O) groups is 1. The Labute approximate surface area is 82.7 Å². The van der Waals surface area contributed by atoms with E-state index in [1.165, 1.54) is 24.3 Å². The molecule has 1 aromatic rings. The molecule has 0 heterocycles. The number of halogens is 1. The van der Waals surface area contributed by atoms with Crippen molar-refractivity contribution in [1.82, 2.24) is 0 Å². The van der Waals surface area contributed by atoms with Crippen LogP contribution in [0.15, 0.2) is 24.3 Å². The van der Waals surface area contributed by atoms with Gasteiger partial charge in [-0.25, -0.2) is 4.39 Å². The average molecular weight is 196 g/mol. The Morgan fingerprint density at radius 3 is 2.43 bits per heavy atom. The molecule has 3 heteroatoms. The second-order valence-electron chi connectivity index (χ2n) is 3.53. The third-order valence-electron chi connectivity index (χ3n) is 1.62. The largest absolute Gasteiger partial charge is 0.427 e. The molecule has 0 amide bonds. The summed E-state index contributed by atoms with van der Waals surface area (Å²) in [6.07, 6.45) is 0.372. The van der Waals surface area contributed by atoms with E-state index >= 15 is 0 Å². The maximum absolute atomic E-state index is 12.5. The van der Waals surface area contributed by atoms with Crippen molar-refractivity contribution in [2.45, 2.75) is 20.3 Å². The molecule has 0 atom stereocenters. The zero-order valence-corrected chi connectivity index (χ0v) is 8.29. The monoisotopic (exact) mass is 196 g/mol. The summed E-state index contributed by atoms with van der Waals surface area (Å²) in [5.74, 6) is 0.0280. The van der Waals surface area contributed by atoms with Gasteiger partial charge in [-0.2, -0.15) is 0 Å². The summed E-state index contributed by atoms with van der Waals surface area (Å²) in [4.78, 5) is 11.2. The van der Waals surface area contributed by atoms with Crippen molar-refractivity contribution in [2.75, 3.05) is 0 Å². The first-order valence-corrected chi connectivity index (χ1v) is 4.54. The van der Waals surface area contributed by atoms with E-state index in [0.29, 0.717) is 12.2 Å². The van der Waals surface area contributed by atoms with Gasteiger partial charge in [0.15, 0.2) is 0 Å². The van der Waals surface area contributed by atoms with Gasteiger partial charge in [-0.05, 0) is 30.2 Å². The van der Waals surface area contributed by atoms with E-state index in [2.05, 4.69) is 0 Å². The first-order valence-electron chi connectivity index (χ1n) is 4.54. The van der Waals surface area contributed by atoms with Crippen molar-refractivity contribution >= 4 is 5.97 Å². The second-order valence-corrected chi connectivity index (χ2v) is 3.53. The van der Waals surface area contributed by atoms with Gasteiger partial charge >= 0.3 is 5.97 Å². The Morgan fingerprint density at radius 2 is 1.93 bits per heavy atom. The van der Waals surface area contributed by atoms with Crippen molar-refractivity contribution in [3.63, 3.8) is 0 Å². The predicted octanol–water partition coefficient (Wildman–Crippen LogP) is 2.78. The van der Waals surface area contributed by atoms with Crippen molar-refractivity contribution in [3.8, 4) is 5.75 Å². The van der Waals surface area contributed by atoms with Crippen molar-refractivity contribution in [3.05, 3.63) is 30.1 Å². The molecule has 0 aromatic heterocycles. The van der Waals surface area contributed by atoms with Crippen LogP contribution in [0.5, 0.6) is 5.75 Å². The minimum Gasteiger partial charge on any atom is -0.427 e. The van der Waals surface area contributed by atoms with Gasteiger partial charge in [-0.3, -0.25) is 4.79 Å². The number of esters is 1. The molecule has 1 rings (SSSR count). The van der Waals surface area contributed by atoms with E-state index in [9.17, 15) is 9.18 Å². The van der Waals surface area contributed by atoms with Crippen LogP contribution in [0.3, 0.4) is 0 Å². The molecule has 0 saturated heterocycles. The van der Waals surface area contributed by atoms with Crippen LogP contribution in [0.25, 0.3) is 0 Å². The highest BCUT2D eigenvalue weighted by atomic mass is 19.1. The van der Waals surface area contributed by atoms with Crippen LogP contribution in [0.2, 0.25) is 0 Å². The van der Waals surface area contributed by atoms with E-state index in [0.717, 1.165) is 0 Å². The third kappa shape index (κ3) is 3.56. The number of benzene rings is 1. The van der Waals surface area contributed by atoms with Crippen LogP contribution in [0.1, 0.15) is 20.3 Å². The predicted molar refractivity (Wildman–Crippen MR) is 51.5 cm³/mol. The van der Waals surface area contributed by atoms with E-state index in [1.807, 2.05) is 13.8 Å². The zero-order valence-electron chi connectivity index (χ0n) is 8.29. The fraction of sp³-hybridized carbons (Fsp3) is 0.364. The molecule has 1 aromatic carbocycles. The fourth-order valence-corrected chi connectivity index (χ4v) is 1.01. The van der Waals surface area contributed by atoms with E-state index in [4.69, 9.17) is 4.74 Å². The van der Waals surface area contributed by atoms with E-state index < -0.39 is 0 Å². The molecule has 76 valence electrons. The summed E-state index contributed by atoms with van der Waals surface area (Å²) in [7, 11) is 0. The Hall–Kier alpha value is -1.38. The topological polar surface area (TPSA) is 26.3 Å². The molecular weight excluding hydrogens is 183 g/mol. The van der Waals surface area contributed by atoms with Crippen LogP contribution >= 0.6 is 0 Å². The van der Waals surface area contributed by atoms with Gasteiger partial charge in [0.2, 0.25) is 0 Å². The molecule has 0 aliphatic rings. The summed E-state index contributed by atoms with van der Waals surface area (Å²) >= 11 is 0. The Kier molecular flexibility index (Phi) is 3.63. The molecule has 0 bridgehead atoms. The van der Waals surface area contributed by atoms with Gasteiger partial charge in [0.05, 0.1) is 0 Å². The molecule has 0 aliphatic heterocycles. The molecule has 0 N–H and O–H groups in total. The van der Waals surface area contributed by atoms with Gasteiger partial charge in [-0.15, -0.1) is 0 Å². The van der Waals surface area contributed by atoms with Crippen LogP contribution in [-0.2, 0) is 4.79 Å². The molecule has 2 nitrogen and oxygen atoms in total. The van der Waals surface area contributed by atoms with Crippen LogP contribution in [0.4, 0.5) is 4.39 Å².